The SMILES string of the molecule is CC/C(=N\OC(C)=O)c1ccc2c(c1)C(CC)(CC)c1cc(/C(CC)=N/OC(C)=O)ccc1-2. The zero-order valence-corrected chi connectivity index (χ0v) is 20.3. The molecule has 6 heteroatoms. The summed E-state index contributed by atoms with van der Waals surface area (Å²) in [5, 5.41) is 8.16. The summed E-state index contributed by atoms with van der Waals surface area (Å²) < 4.78 is 0. The summed E-state index contributed by atoms with van der Waals surface area (Å²) in [5.41, 5.74) is 8.19. The highest BCUT2D eigenvalue weighted by Crippen LogP contribution is 2.53. The van der Waals surface area contributed by atoms with E-state index < -0.39 is 11.9 Å². The highest BCUT2D eigenvalue weighted by molar-refractivity contribution is 6.03. The van der Waals surface area contributed by atoms with E-state index in [1.807, 2.05) is 26.0 Å². The van der Waals surface area contributed by atoms with Crippen molar-refractivity contribution in [1.82, 2.24) is 0 Å². The van der Waals surface area contributed by atoms with E-state index in [0.717, 1.165) is 35.4 Å². The Bertz CT molecular complexity index is 1040. The number of oxime groups is 2. The zero-order valence-electron chi connectivity index (χ0n) is 20.3. The monoisotopic (exact) mass is 448 g/mol. The van der Waals surface area contributed by atoms with Crippen LogP contribution in [0.3, 0.4) is 0 Å². The van der Waals surface area contributed by atoms with Gasteiger partial charge in [0.05, 0.1) is 11.4 Å². The third-order valence-electron chi connectivity index (χ3n) is 6.47. The lowest BCUT2D eigenvalue weighted by Gasteiger charge is -2.30. The lowest BCUT2D eigenvalue weighted by molar-refractivity contribution is -0.141. The first kappa shape index (κ1) is 24.4. The van der Waals surface area contributed by atoms with E-state index in [9.17, 15) is 9.59 Å². The molecule has 0 unspecified atom stereocenters. The third kappa shape index (κ3) is 4.61. The quantitative estimate of drug-likeness (QED) is 0.277. The number of benzene rings is 2. The van der Waals surface area contributed by atoms with Crippen LogP contribution in [0.4, 0.5) is 0 Å². The molecular weight excluding hydrogens is 416 g/mol. The fourth-order valence-corrected chi connectivity index (χ4v) is 4.75. The lowest BCUT2D eigenvalue weighted by atomic mass is 9.73. The smallest absolute Gasteiger partial charge is 0.318 e. The molecule has 2 aromatic carbocycles. The van der Waals surface area contributed by atoms with Crippen molar-refractivity contribution in [2.24, 2.45) is 10.3 Å². The second kappa shape index (κ2) is 10.1. The summed E-state index contributed by atoms with van der Waals surface area (Å²) in [6.07, 6.45) is 3.17. The minimum Gasteiger partial charge on any atom is -0.318 e. The molecule has 0 amide bonds. The summed E-state index contributed by atoms with van der Waals surface area (Å²) in [5.74, 6) is -0.860. The summed E-state index contributed by atoms with van der Waals surface area (Å²) in [6, 6.07) is 12.8. The van der Waals surface area contributed by atoms with Crippen molar-refractivity contribution in [2.45, 2.75) is 72.6 Å². The summed E-state index contributed by atoms with van der Waals surface area (Å²) in [7, 11) is 0. The van der Waals surface area contributed by atoms with E-state index >= 15 is 0 Å². The number of nitrogens with zero attached hydrogens (tertiary/aromatic N) is 2. The molecule has 1 aliphatic carbocycles. The van der Waals surface area contributed by atoms with Gasteiger partial charge in [0.15, 0.2) is 0 Å². The number of fused-ring (bicyclic) bond motifs is 3. The first-order valence-corrected chi connectivity index (χ1v) is 11.6. The van der Waals surface area contributed by atoms with Crippen LogP contribution in [0.2, 0.25) is 0 Å². The van der Waals surface area contributed by atoms with Gasteiger partial charge in [0.2, 0.25) is 0 Å². The molecule has 0 saturated heterocycles. The van der Waals surface area contributed by atoms with Crippen LogP contribution in [0.5, 0.6) is 0 Å². The molecule has 0 spiro atoms. The average Bonchev–Trinajstić information content (AvgIpc) is 3.08. The topological polar surface area (TPSA) is 77.3 Å². The molecule has 0 heterocycles. The summed E-state index contributed by atoms with van der Waals surface area (Å²) in [6.45, 7) is 11.1. The Morgan fingerprint density at radius 1 is 0.727 bits per heavy atom. The van der Waals surface area contributed by atoms with Gasteiger partial charge in [-0.15, -0.1) is 0 Å². The number of carbonyl (C=O) groups is 2. The molecule has 2 aromatic rings. The van der Waals surface area contributed by atoms with Crippen molar-refractivity contribution in [3.8, 4) is 11.1 Å². The Kier molecular flexibility index (Phi) is 7.46. The predicted molar refractivity (Wildman–Crippen MR) is 130 cm³/mol. The zero-order chi connectivity index (χ0) is 24.2. The number of hydrogen-bond acceptors (Lipinski definition) is 6. The first-order chi connectivity index (χ1) is 15.8. The van der Waals surface area contributed by atoms with Gasteiger partial charge < -0.3 is 9.68 Å². The van der Waals surface area contributed by atoms with Gasteiger partial charge in [0.25, 0.3) is 0 Å². The van der Waals surface area contributed by atoms with Crippen LogP contribution in [0, 0.1) is 0 Å². The maximum absolute atomic E-state index is 11.3. The minimum absolute atomic E-state index is 0.156. The second-order valence-corrected chi connectivity index (χ2v) is 8.26. The van der Waals surface area contributed by atoms with Gasteiger partial charge in [-0.2, -0.15) is 0 Å². The van der Waals surface area contributed by atoms with E-state index in [0.29, 0.717) is 12.8 Å². The molecule has 6 nitrogen and oxygen atoms in total. The molecular formula is C27H32N2O4. The standard InChI is InChI=1S/C27H32N2O4/c1-7-25(28-32-17(5)30)19-11-13-21-22-14-12-20(26(8-2)29-33-18(6)31)16-24(22)27(9-3,10-4)23(21)15-19/h11-16H,7-10H2,1-6H3/b28-25+,29-26+. The van der Waals surface area contributed by atoms with Crippen LogP contribution >= 0.6 is 0 Å². The molecule has 0 radical (unpaired) electrons. The maximum atomic E-state index is 11.3. The fraction of sp³-hybridized carbons (Fsp3) is 0.407. The second-order valence-electron chi connectivity index (χ2n) is 8.26. The number of carbonyl (C=O) groups excluding carboxylic acids is 2. The molecule has 0 bridgehead atoms. The van der Waals surface area contributed by atoms with Crippen LogP contribution in [-0.2, 0) is 24.7 Å². The molecule has 3 rings (SSSR count). The molecule has 0 N–H and O–H groups in total. The maximum Gasteiger partial charge on any atom is 0.331 e. The van der Waals surface area contributed by atoms with Crippen molar-refractivity contribution in [1.29, 1.82) is 0 Å². The van der Waals surface area contributed by atoms with Gasteiger partial charge in [-0.05, 0) is 71.2 Å². The van der Waals surface area contributed by atoms with Crippen molar-refractivity contribution < 1.29 is 19.3 Å². The molecule has 1 aliphatic rings. The van der Waals surface area contributed by atoms with Crippen LogP contribution < -0.4 is 0 Å². The molecule has 0 aliphatic heterocycles. The van der Waals surface area contributed by atoms with Crippen molar-refractivity contribution >= 4 is 23.4 Å². The Morgan fingerprint density at radius 3 is 1.42 bits per heavy atom. The van der Waals surface area contributed by atoms with Crippen LogP contribution in [0.25, 0.3) is 11.1 Å². The molecule has 0 fully saturated rings. The Labute approximate surface area is 195 Å². The summed E-state index contributed by atoms with van der Waals surface area (Å²) in [4.78, 5) is 32.4. The van der Waals surface area contributed by atoms with Crippen molar-refractivity contribution in [2.75, 3.05) is 0 Å². The van der Waals surface area contributed by atoms with Crippen LogP contribution in [-0.4, -0.2) is 23.4 Å². The Hall–Kier alpha value is -3.28. The largest absolute Gasteiger partial charge is 0.331 e. The number of rotatable bonds is 8. The first-order valence-electron chi connectivity index (χ1n) is 11.6. The van der Waals surface area contributed by atoms with E-state index in [1.54, 1.807) is 0 Å². The molecule has 0 atom stereocenters. The molecule has 33 heavy (non-hydrogen) atoms. The average molecular weight is 449 g/mol. The van der Waals surface area contributed by atoms with E-state index in [-0.39, 0.29) is 5.41 Å². The Balaban J connectivity index is 2.15. The van der Waals surface area contributed by atoms with Crippen LogP contribution in [0.1, 0.15) is 89.5 Å². The third-order valence-corrected chi connectivity index (χ3v) is 6.47. The summed E-state index contributed by atoms with van der Waals surface area (Å²) >= 11 is 0. The highest BCUT2D eigenvalue weighted by atomic mass is 16.7. The minimum atomic E-state index is -0.430. The lowest BCUT2D eigenvalue weighted by Crippen LogP contribution is -2.24. The van der Waals surface area contributed by atoms with E-state index in [4.69, 9.17) is 9.68 Å². The van der Waals surface area contributed by atoms with Crippen LogP contribution in [0.15, 0.2) is 46.7 Å². The van der Waals surface area contributed by atoms with Gasteiger partial charge in [-0.25, -0.2) is 9.59 Å². The predicted octanol–water partition coefficient (Wildman–Crippen LogP) is 6.13. The van der Waals surface area contributed by atoms with Gasteiger partial charge in [-0.1, -0.05) is 62.3 Å². The van der Waals surface area contributed by atoms with Crippen molar-refractivity contribution in [3.05, 3.63) is 58.7 Å². The molecule has 0 aromatic heterocycles. The Morgan fingerprint density at radius 2 is 1.12 bits per heavy atom. The van der Waals surface area contributed by atoms with Gasteiger partial charge in [-0.3, -0.25) is 0 Å². The van der Waals surface area contributed by atoms with E-state index in [1.165, 1.54) is 36.1 Å². The normalized spacial score (nSPS) is 14.5. The van der Waals surface area contributed by atoms with Crippen molar-refractivity contribution in [3.63, 3.8) is 0 Å². The fourth-order valence-electron chi connectivity index (χ4n) is 4.75. The highest BCUT2D eigenvalue weighted by Gasteiger charge is 2.41. The molecule has 0 saturated carbocycles. The van der Waals surface area contributed by atoms with E-state index in [2.05, 4.69) is 48.4 Å². The van der Waals surface area contributed by atoms with Gasteiger partial charge >= 0.3 is 11.9 Å². The van der Waals surface area contributed by atoms with Gasteiger partial charge in [0, 0.05) is 19.3 Å². The van der Waals surface area contributed by atoms with Gasteiger partial charge in [0.1, 0.15) is 0 Å². The number of hydrogen-bond donors (Lipinski definition) is 0. The molecule has 174 valence electrons.